The van der Waals surface area contributed by atoms with Gasteiger partial charge in [-0.15, -0.1) is 0 Å². The molecule has 30 heavy (non-hydrogen) atoms. The molecule has 154 valence electrons. The van der Waals surface area contributed by atoms with Crippen LogP contribution in [0.15, 0.2) is 58.7 Å². The molecule has 0 fully saturated rings. The van der Waals surface area contributed by atoms with Gasteiger partial charge in [0.05, 0.1) is 22.8 Å². The standard InChI is InChI=1S/C24H26N4O2/c1-15-7-11-19(12-8-15)27-21(29)23(5,17(3)25-27)24(6)18(4)26-28(22(24)30)20-13-9-16(2)10-14-20/h7-14H,1-6H3. The third-order valence-corrected chi connectivity index (χ3v) is 6.74. The van der Waals surface area contributed by atoms with Crippen molar-refractivity contribution in [3.63, 3.8) is 0 Å². The molecule has 2 aliphatic heterocycles. The number of anilines is 2. The summed E-state index contributed by atoms with van der Waals surface area (Å²) in [5, 5.41) is 12.0. The van der Waals surface area contributed by atoms with Crippen molar-refractivity contribution >= 4 is 34.6 Å². The molecular weight excluding hydrogens is 376 g/mol. The van der Waals surface area contributed by atoms with Gasteiger partial charge in [0, 0.05) is 0 Å². The van der Waals surface area contributed by atoms with E-state index >= 15 is 0 Å². The second-order valence-corrected chi connectivity index (χ2v) is 8.53. The summed E-state index contributed by atoms with van der Waals surface area (Å²) in [6, 6.07) is 15.2. The Morgan fingerprint density at radius 3 is 1.20 bits per heavy atom. The van der Waals surface area contributed by atoms with Crippen molar-refractivity contribution in [1.82, 2.24) is 0 Å². The Bertz CT molecular complexity index is 1010. The van der Waals surface area contributed by atoms with Crippen molar-refractivity contribution in [3.8, 4) is 0 Å². The number of amides is 2. The fraction of sp³-hybridized carbons (Fsp3) is 0.333. The van der Waals surface area contributed by atoms with E-state index in [9.17, 15) is 9.59 Å². The second-order valence-electron chi connectivity index (χ2n) is 8.53. The van der Waals surface area contributed by atoms with Gasteiger partial charge in [-0.3, -0.25) is 9.59 Å². The fourth-order valence-corrected chi connectivity index (χ4v) is 4.20. The molecule has 2 heterocycles. The Labute approximate surface area is 176 Å². The molecule has 6 nitrogen and oxygen atoms in total. The number of hydrogen-bond donors (Lipinski definition) is 0. The van der Waals surface area contributed by atoms with Crippen molar-refractivity contribution in [3.05, 3.63) is 59.7 Å². The smallest absolute Gasteiger partial charge is 0.260 e. The van der Waals surface area contributed by atoms with Gasteiger partial charge in [-0.25, -0.2) is 0 Å². The predicted octanol–water partition coefficient (Wildman–Crippen LogP) is 4.46. The van der Waals surface area contributed by atoms with E-state index in [1.165, 1.54) is 10.0 Å². The lowest BCUT2D eigenvalue weighted by molar-refractivity contribution is -0.135. The van der Waals surface area contributed by atoms with Crippen LogP contribution in [0.4, 0.5) is 11.4 Å². The summed E-state index contributed by atoms with van der Waals surface area (Å²) in [5.74, 6) is -0.444. The zero-order chi connectivity index (χ0) is 21.8. The molecule has 0 bridgehead atoms. The lowest BCUT2D eigenvalue weighted by atomic mass is 9.60. The van der Waals surface area contributed by atoms with E-state index < -0.39 is 10.8 Å². The van der Waals surface area contributed by atoms with Crippen LogP contribution in [0.1, 0.15) is 38.8 Å². The van der Waals surface area contributed by atoms with E-state index in [1.807, 2.05) is 76.2 Å². The van der Waals surface area contributed by atoms with Crippen molar-refractivity contribution in [2.24, 2.45) is 21.0 Å². The van der Waals surface area contributed by atoms with Crippen LogP contribution in [0.2, 0.25) is 0 Å². The zero-order valence-corrected chi connectivity index (χ0v) is 18.2. The second kappa shape index (κ2) is 6.62. The molecule has 0 aromatic heterocycles. The first-order chi connectivity index (χ1) is 14.1. The quantitative estimate of drug-likeness (QED) is 0.761. The number of nitrogens with zero attached hydrogens (tertiary/aromatic N) is 4. The highest BCUT2D eigenvalue weighted by molar-refractivity contribution is 6.30. The molecule has 2 amide bonds. The first-order valence-corrected chi connectivity index (χ1v) is 10.0. The van der Waals surface area contributed by atoms with E-state index in [-0.39, 0.29) is 11.8 Å². The Kier molecular flexibility index (Phi) is 4.42. The van der Waals surface area contributed by atoms with Crippen LogP contribution in [0.25, 0.3) is 0 Å². The van der Waals surface area contributed by atoms with Crippen LogP contribution in [-0.4, -0.2) is 23.2 Å². The first kappa shape index (κ1) is 20.0. The molecule has 6 heteroatoms. The van der Waals surface area contributed by atoms with E-state index in [0.29, 0.717) is 22.8 Å². The van der Waals surface area contributed by atoms with Gasteiger partial charge < -0.3 is 0 Å². The Hall–Kier alpha value is -3.28. The van der Waals surface area contributed by atoms with Gasteiger partial charge >= 0.3 is 0 Å². The highest BCUT2D eigenvalue weighted by atomic mass is 16.2. The lowest BCUT2D eigenvalue weighted by Gasteiger charge is -2.38. The first-order valence-electron chi connectivity index (χ1n) is 10.0. The largest absolute Gasteiger partial charge is 0.271 e. The summed E-state index contributed by atoms with van der Waals surface area (Å²) in [4.78, 5) is 27.4. The summed E-state index contributed by atoms with van der Waals surface area (Å²) in [7, 11) is 0. The lowest BCUT2D eigenvalue weighted by Crippen LogP contribution is -2.56. The molecule has 2 aromatic carbocycles. The molecule has 2 atom stereocenters. The molecule has 0 N–H and O–H groups in total. The minimum absolute atomic E-state index is 0.222. The van der Waals surface area contributed by atoms with Crippen molar-refractivity contribution in [2.45, 2.75) is 41.5 Å². The molecule has 2 aromatic rings. The normalized spacial score (nSPS) is 26.3. The van der Waals surface area contributed by atoms with Crippen LogP contribution < -0.4 is 10.0 Å². The van der Waals surface area contributed by atoms with Crippen LogP contribution in [0, 0.1) is 24.7 Å². The van der Waals surface area contributed by atoms with Crippen LogP contribution >= 0.6 is 0 Å². The number of rotatable bonds is 3. The number of carbonyl (C=O) groups excluding carboxylic acids is 2. The van der Waals surface area contributed by atoms with E-state index in [2.05, 4.69) is 10.2 Å². The summed E-state index contributed by atoms with van der Waals surface area (Å²) < 4.78 is 0. The molecule has 0 radical (unpaired) electrons. The number of hydrogen-bond acceptors (Lipinski definition) is 4. The van der Waals surface area contributed by atoms with Gasteiger partial charge in [0.15, 0.2) is 0 Å². The Morgan fingerprint density at radius 2 is 0.900 bits per heavy atom. The molecule has 2 unspecified atom stereocenters. The Balaban J connectivity index is 1.75. The van der Waals surface area contributed by atoms with Crippen molar-refractivity contribution in [1.29, 1.82) is 0 Å². The van der Waals surface area contributed by atoms with Gasteiger partial charge in [0.2, 0.25) is 0 Å². The van der Waals surface area contributed by atoms with E-state index in [1.54, 1.807) is 13.8 Å². The van der Waals surface area contributed by atoms with Crippen LogP contribution in [0.3, 0.4) is 0 Å². The van der Waals surface area contributed by atoms with Crippen molar-refractivity contribution in [2.75, 3.05) is 10.0 Å². The van der Waals surface area contributed by atoms with Gasteiger partial charge in [-0.2, -0.15) is 20.2 Å². The van der Waals surface area contributed by atoms with Gasteiger partial charge in [0.25, 0.3) is 11.8 Å². The summed E-state index contributed by atoms with van der Waals surface area (Å²) >= 11 is 0. The minimum Gasteiger partial charge on any atom is -0.271 e. The molecular formula is C24H26N4O2. The highest BCUT2D eigenvalue weighted by Gasteiger charge is 2.65. The Morgan fingerprint density at radius 1 is 0.600 bits per heavy atom. The molecule has 4 rings (SSSR count). The molecule has 0 saturated heterocycles. The third kappa shape index (κ3) is 2.56. The fourth-order valence-electron chi connectivity index (χ4n) is 4.20. The minimum atomic E-state index is -1.14. The molecule has 0 spiro atoms. The van der Waals surface area contributed by atoms with Gasteiger partial charge in [0.1, 0.15) is 10.8 Å². The van der Waals surface area contributed by atoms with Crippen LogP contribution in [0.5, 0.6) is 0 Å². The third-order valence-electron chi connectivity index (χ3n) is 6.74. The number of aryl methyl sites for hydroxylation is 2. The van der Waals surface area contributed by atoms with Gasteiger partial charge in [-0.1, -0.05) is 35.4 Å². The summed E-state index contributed by atoms with van der Waals surface area (Å²) in [5.41, 5.74) is 2.50. The summed E-state index contributed by atoms with van der Waals surface area (Å²) in [6.45, 7) is 11.2. The van der Waals surface area contributed by atoms with Crippen LogP contribution in [-0.2, 0) is 9.59 Å². The number of hydrazone groups is 2. The van der Waals surface area contributed by atoms with Crippen molar-refractivity contribution < 1.29 is 9.59 Å². The maximum absolute atomic E-state index is 13.7. The highest BCUT2D eigenvalue weighted by Crippen LogP contribution is 2.51. The molecule has 0 aliphatic carbocycles. The predicted molar refractivity (Wildman–Crippen MR) is 120 cm³/mol. The number of benzene rings is 2. The average molecular weight is 402 g/mol. The zero-order valence-electron chi connectivity index (χ0n) is 18.2. The SMILES string of the molecule is CC1=NN(c2ccc(C)cc2)C(=O)C1(C)C1(C)C(=O)N(c2ccc(C)cc2)N=C1C. The maximum Gasteiger partial charge on any atom is 0.260 e. The average Bonchev–Trinajstić information content (AvgIpc) is 3.10. The number of carbonyl (C=O) groups is 2. The maximum atomic E-state index is 13.7. The van der Waals surface area contributed by atoms with E-state index in [4.69, 9.17) is 0 Å². The van der Waals surface area contributed by atoms with Gasteiger partial charge in [-0.05, 0) is 65.8 Å². The monoisotopic (exact) mass is 402 g/mol. The topological polar surface area (TPSA) is 65.3 Å². The molecule has 0 saturated carbocycles. The summed E-state index contributed by atoms with van der Waals surface area (Å²) in [6.07, 6.45) is 0. The van der Waals surface area contributed by atoms with E-state index in [0.717, 1.165) is 11.1 Å². The molecule has 2 aliphatic rings.